The zero-order chi connectivity index (χ0) is 14.5. The highest BCUT2D eigenvalue weighted by Crippen LogP contribution is 2.06. The van der Waals surface area contributed by atoms with Crippen molar-refractivity contribution in [3.05, 3.63) is 47.3 Å². The number of hydrogen-bond acceptors (Lipinski definition) is 4. The molecule has 3 N–H and O–H groups in total. The summed E-state index contributed by atoms with van der Waals surface area (Å²) in [7, 11) is 0. The van der Waals surface area contributed by atoms with E-state index in [1.165, 1.54) is 24.7 Å². The lowest BCUT2D eigenvalue weighted by Crippen LogP contribution is -2.42. The van der Waals surface area contributed by atoms with E-state index in [0.29, 0.717) is 5.69 Å². The van der Waals surface area contributed by atoms with Gasteiger partial charge in [-0.25, -0.2) is 14.8 Å². The molecular weight excluding hydrogens is 284 g/mol. The number of rotatable bonds is 5. The number of carboxylic acid groups (broad SMARTS) is 1. The molecule has 0 radical (unpaired) electrons. The molecule has 0 spiro atoms. The second kappa shape index (κ2) is 6.16. The number of carboxylic acids is 1. The normalized spacial score (nSPS) is 11.8. The number of carbonyl (C=O) groups is 2. The predicted molar refractivity (Wildman–Crippen MR) is 70.4 cm³/mol. The van der Waals surface area contributed by atoms with Crippen LogP contribution in [0.3, 0.4) is 0 Å². The van der Waals surface area contributed by atoms with E-state index in [-0.39, 0.29) is 17.3 Å². The largest absolute Gasteiger partial charge is 0.480 e. The third-order valence-corrected chi connectivity index (χ3v) is 2.74. The van der Waals surface area contributed by atoms with E-state index in [4.69, 9.17) is 16.7 Å². The van der Waals surface area contributed by atoms with Crippen LogP contribution < -0.4 is 5.32 Å². The molecule has 0 fully saturated rings. The number of imidazole rings is 1. The number of carbonyl (C=O) groups excluding carboxylic acids is 1. The number of hydrogen-bond donors (Lipinski definition) is 3. The summed E-state index contributed by atoms with van der Waals surface area (Å²) in [6, 6.07) is 3.46. The Kier molecular flexibility index (Phi) is 4.31. The van der Waals surface area contributed by atoms with Crippen LogP contribution in [0.1, 0.15) is 16.2 Å². The lowest BCUT2D eigenvalue weighted by Gasteiger charge is -2.13. The van der Waals surface area contributed by atoms with Crippen LogP contribution in [0.15, 0.2) is 30.7 Å². The Hall–Kier alpha value is -2.41. The van der Waals surface area contributed by atoms with Crippen molar-refractivity contribution in [3.8, 4) is 0 Å². The fraction of sp³-hybridized carbons (Fsp3) is 0.167. The molecule has 0 saturated carbocycles. The molecule has 0 aliphatic heterocycles. The molecule has 0 aliphatic rings. The number of pyridine rings is 1. The van der Waals surface area contributed by atoms with Gasteiger partial charge in [0.1, 0.15) is 16.9 Å². The minimum Gasteiger partial charge on any atom is -0.480 e. The van der Waals surface area contributed by atoms with Crippen LogP contribution in [0, 0.1) is 0 Å². The van der Waals surface area contributed by atoms with Crippen LogP contribution in [-0.4, -0.2) is 38.0 Å². The summed E-state index contributed by atoms with van der Waals surface area (Å²) in [6.45, 7) is 0. The van der Waals surface area contributed by atoms with E-state index < -0.39 is 17.9 Å². The zero-order valence-corrected chi connectivity index (χ0v) is 11.0. The molecule has 0 aliphatic carbocycles. The number of nitrogens with zero attached hydrogens (tertiary/aromatic N) is 2. The average Bonchev–Trinajstić information content (AvgIpc) is 2.90. The fourth-order valence-electron chi connectivity index (χ4n) is 1.58. The minimum atomic E-state index is -1.14. The Morgan fingerprint density at radius 3 is 2.85 bits per heavy atom. The number of nitrogens with one attached hydrogen (secondary N) is 2. The quantitative estimate of drug-likeness (QED) is 0.710. The van der Waals surface area contributed by atoms with Gasteiger partial charge in [0, 0.05) is 18.3 Å². The van der Waals surface area contributed by atoms with E-state index >= 15 is 0 Å². The Morgan fingerprint density at radius 2 is 2.25 bits per heavy atom. The number of aliphatic carboxylic acids is 1. The van der Waals surface area contributed by atoms with Gasteiger partial charge in [-0.05, 0) is 12.1 Å². The molecule has 2 rings (SSSR count). The first-order valence-electron chi connectivity index (χ1n) is 5.69. The molecule has 2 heterocycles. The molecule has 1 atom stereocenters. The van der Waals surface area contributed by atoms with E-state index in [9.17, 15) is 9.59 Å². The Balaban J connectivity index is 2.08. The van der Waals surface area contributed by atoms with Crippen molar-refractivity contribution in [3.63, 3.8) is 0 Å². The van der Waals surface area contributed by atoms with Gasteiger partial charge in [0.2, 0.25) is 0 Å². The zero-order valence-electron chi connectivity index (χ0n) is 10.2. The Morgan fingerprint density at radius 1 is 1.45 bits per heavy atom. The molecule has 7 nitrogen and oxygen atoms in total. The van der Waals surface area contributed by atoms with Gasteiger partial charge in [-0.3, -0.25) is 4.79 Å². The highest BCUT2D eigenvalue weighted by atomic mass is 35.5. The molecular formula is C12H11ClN4O3. The summed E-state index contributed by atoms with van der Waals surface area (Å²) < 4.78 is 0. The third kappa shape index (κ3) is 3.55. The van der Waals surface area contributed by atoms with Gasteiger partial charge in [-0.15, -0.1) is 0 Å². The number of halogens is 1. The van der Waals surface area contributed by atoms with Crippen molar-refractivity contribution in [2.45, 2.75) is 12.5 Å². The summed E-state index contributed by atoms with van der Waals surface area (Å²) in [5.74, 6) is -1.74. The second-order valence-corrected chi connectivity index (χ2v) is 4.38. The van der Waals surface area contributed by atoms with Crippen LogP contribution in [0.2, 0.25) is 5.15 Å². The predicted octanol–water partition coefficient (Wildman–Crippen LogP) is 0.884. The first kappa shape index (κ1) is 14.0. The molecule has 0 bridgehead atoms. The Labute approximate surface area is 119 Å². The summed E-state index contributed by atoms with van der Waals surface area (Å²) in [6.07, 6.45) is 3.04. The summed E-state index contributed by atoms with van der Waals surface area (Å²) >= 11 is 5.68. The fourth-order valence-corrected chi connectivity index (χ4v) is 1.75. The van der Waals surface area contributed by atoms with Gasteiger partial charge < -0.3 is 15.4 Å². The van der Waals surface area contributed by atoms with Crippen LogP contribution >= 0.6 is 11.6 Å². The van der Waals surface area contributed by atoms with Gasteiger partial charge in [0.15, 0.2) is 0 Å². The standard InChI is InChI=1S/C12H11ClN4O3/c13-10-3-1-2-8(16-10)11(18)17-9(12(19)20)4-7-5-14-6-15-7/h1-3,5-6,9H,4H2,(H,14,15)(H,17,18)(H,19,20). The monoisotopic (exact) mass is 294 g/mol. The highest BCUT2D eigenvalue weighted by Gasteiger charge is 2.22. The van der Waals surface area contributed by atoms with Gasteiger partial charge in [-0.2, -0.15) is 0 Å². The van der Waals surface area contributed by atoms with Crippen molar-refractivity contribution in [1.29, 1.82) is 0 Å². The molecule has 2 aromatic heterocycles. The summed E-state index contributed by atoms with van der Waals surface area (Å²) in [4.78, 5) is 33.5. The van der Waals surface area contributed by atoms with Crippen molar-refractivity contribution >= 4 is 23.5 Å². The SMILES string of the molecule is O=C(NC(Cc1cnc[nH]1)C(=O)O)c1cccc(Cl)n1. The molecule has 104 valence electrons. The lowest BCUT2D eigenvalue weighted by molar-refractivity contribution is -0.139. The number of amides is 1. The molecule has 8 heteroatoms. The van der Waals surface area contributed by atoms with Crippen LogP contribution in [0.5, 0.6) is 0 Å². The van der Waals surface area contributed by atoms with Crippen molar-refractivity contribution in [2.75, 3.05) is 0 Å². The summed E-state index contributed by atoms with van der Waals surface area (Å²) in [5, 5.41) is 11.7. The minimum absolute atomic E-state index is 0.0633. The molecule has 1 amide bonds. The van der Waals surface area contributed by atoms with Gasteiger partial charge >= 0.3 is 5.97 Å². The number of aromatic nitrogens is 3. The highest BCUT2D eigenvalue weighted by molar-refractivity contribution is 6.29. The van der Waals surface area contributed by atoms with Crippen molar-refractivity contribution in [1.82, 2.24) is 20.3 Å². The van der Waals surface area contributed by atoms with Crippen molar-refractivity contribution in [2.24, 2.45) is 0 Å². The van der Waals surface area contributed by atoms with Gasteiger partial charge in [0.25, 0.3) is 5.91 Å². The van der Waals surface area contributed by atoms with Crippen molar-refractivity contribution < 1.29 is 14.7 Å². The maximum Gasteiger partial charge on any atom is 0.326 e. The molecule has 0 aromatic carbocycles. The first-order valence-corrected chi connectivity index (χ1v) is 6.07. The molecule has 1 unspecified atom stereocenters. The van der Waals surface area contributed by atoms with E-state index in [0.717, 1.165) is 0 Å². The lowest BCUT2D eigenvalue weighted by atomic mass is 10.1. The van der Waals surface area contributed by atoms with Gasteiger partial charge in [-0.1, -0.05) is 17.7 Å². The third-order valence-electron chi connectivity index (χ3n) is 2.53. The smallest absolute Gasteiger partial charge is 0.326 e. The molecule has 2 aromatic rings. The van der Waals surface area contributed by atoms with Crippen LogP contribution in [0.4, 0.5) is 0 Å². The topological polar surface area (TPSA) is 108 Å². The Bertz CT molecular complexity index is 615. The van der Waals surface area contributed by atoms with E-state index in [1.54, 1.807) is 6.07 Å². The van der Waals surface area contributed by atoms with Crippen LogP contribution in [0.25, 0.3) is 0 Å². The summed E-state index contributed by atoms with van der Waals surface area (Å²) in [5.41, 5.74) is 0.671. The molecule has 20 heavy (non-hydrogen) atoms. The van der Waals surface area contributed by atoms with E-state index in [2.05, 4.69) is 20.3 Å². The maximum atomic E-state index is 11.9. The second-order valence-electron chi connectivity index (χ2n) is 3.99. The van der Waals surface area contributed by atoms with Gasteiger partial charge in [0.05, 0.1) is 6.33 Å². The molecule has 0 saturated heterocycles. The number of H-pyrrole nitrogens is 1. The first-order chi connectivity index (χ1) is 9.56. The average molecular weight is 295 g/mol. The number of aromatic amines is 1. The maximum absolute atomic E-state index is 11.9. The van der Waals surface area contributed by atoms with E-state index in [1.807, 2.05) is 0 Å². The van der Waals surface area contributed by atoms with Crippen LogP contribution in [-0.2, 0) is 11.2 Å².